The third-order valence-corrected chi connectivity index (χ3v) is 5.27. The Morgan fingerprint density at radius 2 is 1.65 bits per heavy atom. The zero-order valence-corrected chi connectivity index (χ0v) is 13.1. The molecule has 0 amide bonds. The van der Waals surface area contributed by atoms with E-state index in [1.54, 1.807) is 12.1 Å². The van der Waals surface area contributed by atoms with Gasteiger partial charge >= 0.3 is 0 Å². The predicted octanol–water partition coefficient (Wildman–Crippen LogP) is 2.29. The second-order valence-corrected chi connectivity index (χ2v) is 6.14. The van der Waals surface area contributed by atoms with Crippen molar-refractivity contribution in [2.24, 2.45) is 0 Å². The van der Waals surface area contributed by atoms with E-state index in [0.717, 1.165) is 0 Å². The van der Waals surface area contributed by atoms with Gasteiger partial charge in [0, 0.05) is 39.4 Å². The Morgan fingerprint density at radius 1 is 1.12 bits per heavy atom. The van der Waals surface area contributed by atoms with Gasteiger partial charge in [0.1, 0.15) is 0 Å². The van der Waals surface area contributed by atoms with Gasteiger partial charge in [-0.2, -0.15) is 4.31 Å². The minimum atomic E-state index is -3.39. The van der Waals surface area contributed by atoms with Gasteiger partial charge in [-0.15, -0.1) is 25.3 Å². The van der Waals surface area contributed by atoms with Crippen LogP contribution in [0, 0.1) is 0 Å². The molecular formula is C10H15NNiO2S3. The molecule has 3 nitrogen and oxygen atoms in total. The van der Waals surface area contributed by atoms with Gasteiger partial charge in [0.2, 0.25) is 10.0 Å². The third kappa shape index (κ3) is 3.89. The number of sulfonamides is 1. The molecule has 0 saturated carbocycles. The summed E-state index contributed by atoms with van der Waals surface area (Å²) in [6.07, 6.45) is 0. The van der Waals surface area contributed by atoms with Crippen molar-refractivity contribution in [3.05, 3.63) is 18.2 Å². The van der Waals surface area contributed by atoms with Crippen LogP contribution >= 0.6 is 25.3 Å². The van der Waals surface area contributed by atoms with E-state index in [9.17, 15) is 8.42 Å². The zero-order chi connectivity index (χ0) is 12.3. The van der Waals surface area contributed by atoms with Crippen molar-refractivity contribution < 1.29 is 24.9 Å². The Kier molecular flexibility index (Phi) is 7.18. The number of thiol groups is 2. The van der Waals surface area contributed by atoms with Crippen LogP contribution in [0.15, 0.2) is 32.9 Å². The normalized spacial score (nSPS) is 11.4. The van der Waals surface area contributed by atoms with E-state index < -0.39 is 10.0 Å². The van der Waals surface area contributed by atoms with E-state index in [4.69, 9.17) is 0 Å². The smallest absolute Gasteiger partial charge is 0.207 e. The van der Waals surface area contributed by atoms with Crippen LogP contribution in [0.4, 0.5) is 0 Å². The molecule has 7 heteroatoms. The number of hydrogen-bond acceptors (Lipinski definition) is 4. The van der Waals surface area contributed by atoms with Gasteiger partial charge in [0.05, 0.1) is 4.90 Å². The Bertz CT molecular complexity index is 472. The summed E-state index contributed by atoms with van der Waals surface area (Å²) in [6, 6.07) is 4.72. The third-order valence-electron chi connectivity index (χ3n) is 2.29. The molecule has 0 heterocycles. The van der Waals surface area contributed by atoms with Crippen molar-refractivity contribution in [3.63, 3.8) is 0 Å². The molecule has 0 aromatic heterocycles. The molecule has 0 aliphatic rings. The summed E-state index contributed by atoms with van der Waals surface area (Å²) in [6.45, 7) is 4.55. The van der Waals surface area contributed by atoms with Crippen LogP contribution in [0.3, 0.4) is 0 Å². The average molecular weight is 336 g/mol. The van der Waals surface area contributed by atoms with Crippen LogP contribution < -0.4 is 0 Å². The molecular weight excluding hydrogens is 321 g/mol. The maximum Gasteiger partial charge on any atom is 0.243 e. The molecule has 0 aliphatic carbocycles. The summed E-state index contributed by atoms with van der Waals surface area (Å²) in [5, 5.41) is 0. The summed E-state index contributed by atoms with van der Waals surface area (Å²) in [4.78, 5) is 1.50. The van der Waals surface area contributed by atoms with Gasteiger partial charge in [0.15, 0.2) is 0 Å². The fourth-order valence-corrected chi connectivity index (χ4v) is 3.30. The van der Waals surface area contributed by atoms with Crippen molar-refractivity contribution in [2.45, 2.75) is 28.5 Å². The number of rotatable bonds is 4. The minimum absolute atomic E-state index is 0. The molecule has 100 valence electrons. The fraction of sp³-hybridized carbons (Fsp3) is 0.400. The Hall–Kier alpha value is 0.324. The van der Waals surface area contributed by atoms with E-state index in [-0.39, 0.29) is 21.4 Å². The fourth-order valence-electron chi connectivity index (χ4n) is 1.38. The van der Waals surface area contributed by atoms with Crippen molar-refractivity contribution in [1.29, 1.82) is 0 Å². The first-order chi connectivity index (χ1) is 7.43. The van der Waals surface area contributed by atoms with E-state index in [2.05, 4.69) is 25.3 Å². The zero-order valence-electron chi connectivity index (χ0n) is 9.53. The maximum absolute atomic E-state index is 12.1. The van der Waals surface area contributed by atoms with Crippen molar-refractivity contribution in [2.75, 3.05) is 13.1 Å². The van der Waals surface area contributed by atoms with Crippen molar-refractivity contribution in [1.82, 2.24) is 4.31 Å². The van der Waals surface area contributed by atoms with Crippen LogP contribution in [-0.2, 0) is 26.5 Å². The molecule has 0 bridgehead atoms. The molecule has 0 spiro atoms. The predicted molar refractivity (Wildman–Crippen MR) is 71.1 cm³/mol. The molecule has 0 aliphatic heterocycles. The van der Waals surface area contributed by atoms with Gasteiger partial charge in [-0.3, -0.25) is 0 Å². The molecule has 0 radical (unpaired) electrons. The van der Waals surface area contributed by atoms with Gasteiger partial charge in [-0.1, -0.05) is 13.8 Å². The summed E-state index contributed by atoms with van der Waals surface area (Å²) < 4.78 is 25.7. The second-order valence-electron chi connectivity index (χ2n) is 3.24. The molecule has 0 atom stereocenters. The van der Waals surface area contributed by atoms with Gasteiger partial charge in [-0.25, -0.2) is 8.42 Å². The van der Waals surface area contributed by atoms with E-state index in [0.29, 0.717) is 22.9 Å². The number of nitrogens with zero attached hydrogens (tertiary/aromatic N) is 1. The standard InChI is InChI=1S/C10H15NO2S3.Ni/c1-3-11(4-2)16(12,13)8-5-6-9(14)10(15)7-8;/h5-7,14-15H,3-4H2,1-2H3;. The van der Waals surface area contributed by atoms with E-state index in [1.807, 2.05) is 13.8 Å². The molecule has 0 unspecified atom stereocenters. The minimum Gasteiger partial charge on any atom is -0.207 e. The Morgan fingerprint density at radius 3 is 2.06 bits per heavy atom. The summed E-state index contributed by atoms with van der Waals surface area (Å²) >= 11 is 8.32. The Balaban J connectivity index is 0.00000256. The molecule has 17 heavy (non-hydrogen) atoms. The van der Waals surface area contributed by atoms with Crippen LogP contribution in [0.25, 0.3) is 0 Å². The van der Waals surface area contributed by atoms with Gasteiger partial charge in [-0.05, 0) is 18.2 Å². The second kappa shape index (κ2) is 7.05. The molecule has 0 saturated heterocycles. The SMILES string of the molecule is CCN(CC)S(=O)(=O)c1ccc(S)c(S)c1.[Ni]. The maximum atomic E-state index is 12.1. The monoisotopic (exact) mass is 335 g/mol. The first kappa shape index (κ1) is 17.3. The summed E-state index contributed by atoms with van der Waals surface area (Å²) in [5.74, 6) is 0. The van der Waals surface area contributed by atoms with Crippen LogP contribution in [-0.4, -0.2) is 25.8 Å². The quantitative estimate of drug-likeness (QED) is 0.654. The number of benzene rings is 1. The summed E-state index contributed by atoms with van der Waals surface area (Å²) in [7, 11) is -3.39. The molecule has 1 aromatic rings. The molecule has 0 N–H and O–H groups in total. The van der Waals surface area contributed by atoms with Crippen molar-refractivity contribution >= 4 is 35.3 Å². The van der Waals surface area contributed by atoms with E-state index >= 15 is 0 Å². The van der Waals surface area contributed by atoms with Gasteiger partial charge < -0.3 is 0 Å². The van der Waals surface area contributed by atoms with Crippen LogP contribution in [0.5, 0.6) is 0 Å². The Labute approximate surface area is 124 Å². The average Bonchev–Trinajstić information content (AvgIpc) is 2.23. The van der Waals surface area contributed by atoms with Crippen LogP contribution in [0.1, 0.15) is 13.8 Å². The molecule has 1 rings (SSSR count). The largest absolute Gasteiger partial charge is 0.243 e. The van der Waals surface area contributed by atoms with E-state index in [1.165, 1.54) is 10.4 Å². The van der Waals surface area contributed by atoms with Crippen molar-refractivity contribution in [3.8, 4) is 0 Å². The van der Waals surface area contributed by atoms with Crippen LogP contribution in [0.2, 0.25) is 0 Å². The summed E-state index contributed by atoms with van der Waals surface area (Å²) in [5.41, 5.74) is 0. The first-order valence-corrected chi connectivity index (χ1v) is 7.29. The van der Waals surface area contributed by atoms with Gasteiger partial charge in [0.25, 0.3) is 0 Å². The molecule has 1 aromatic carbocycles. The topological polar surface area (TPSA) is 37.4 Å². The first-order valence-electron chi connectivity index (χ1n) is 4.95. The molecule has 0 fully saturated rings. The number of hydrogen-bond donors (Lipinski definition) is 2.